The normalized spacial score (nSPS) is 19.6. The SMILES string of the molecule is COc1cccc(C2CC(c3ccc(OC)cc3OC)NC(N)=N2)c1. The molecule has 0 radical (unpaired) electrons. The maximum absolute atomic E-state index is 6.05. The van der Waals surface area contributed by atoms with Gasteiger partial charge in [0.05, 0.1) is 33.4 Å². The highest BCUT2D eigenvalue weighted by molar-refractivity contribution is 5.79. The fourth-order valence-corrected chi connectivity index (χ4v) is 3.09. The zero-order chi connectivity index (χ0) is 17.8. The molecule has 3 rings (SSSR count). The highest BCUT2D eigenvalue weighted by atomic mass is 16.5. The molecular formula is C19H23N3O3. The lowest BCUT2D eigenvalue weighted by Gasteiger charge is -2.30. The van der Waals surface area contributed by atoms with Gasteiger partial charge in [-0.25, -0.2) is 4.99 Å². The summed E-state index contributed by atoms with van der Waals surface area (Å²) >= 11 is 0. The van der Waals surface area contributed by atoms with E-state index in [1.165, 1.54) is 0 Å². The van der Waals surface area contributed by atoms with Crippen LogP contribution >= 0.6 is 0 Å². The molecule has 2 aromatic rings. The largest absolute Gasteiger partial charge is 0.497 e. The van der Waals surface area contributed by atoms with Gasteiger partial charge in [-0.3, -0.25) is 0 Å². The molecular weight excluding hydrogens is 318 g/mol. The van der Waals surface area contributed by atoms with Crippen LogP contribution in [0.5, 0.6) is 17.2 Å². The summed E-state index contributed by atoms with van der Waals surface area (Å²) in [5, 5.41) is 3.25. The average molecular weight is 341 g/mol. The summed E-state index contributed by atoms with van der Waals surface area (Å²) in [4.78, 5) is 4.56. The molecule has 0 fully saturated rings. The van der Waals surface area contributed by atoms with Crippen molar-refractivity contribution >= 4 is 5.96 Å². The second-order valence-corrected chi connectivity index (χ2v) is 5.85. The van der Waals surface area contributed by atoms with Gasteiger partial charge in [-0.05, 0) is 36.2 Å². The number of hydrogen-bond donors (Lipinski definition) is 2. The summed E-state index contributed by atoms with van der Waals surface area (Å²) in [6, 6.07) is 13.7. The molecule has 0 amide bonds. The van der Waals surface area contributed by atoms with Crippen molar-refractivity contribution in [2.45, 2.75) is 18.5 Å². The van der Waals surface area contributed by atoms with E-state index in [-0.39, 0.29) is 12.1 Å². The standard InChI is InChI=1S/C19H23N3O3/c1-23-13-6-4-5-12(9-13)16-11-17(22-19(20)21-16)15-8-7-14(24-2)10-18(15)25-3/h4-10,16-17H,11H2,1-3H3,(H3,20,21,22). The van der Waals surface area contributed by atoms with E-state index < -0.39 is 0 Å². The van der Waals surface area contributed by atoms with Crippen LogP contribution in [0.1, 0.15) is 29.6 Å². The summed E-state index contributed by atoms with van der Waals surface area (Å²) in [5.74, 6) is 2.74. The molecule has 1 aliphatic rings. The molecule has 3 N–H and O–H groups in total. The Balaban J connectivity index is 1.91. The summed E-state index contributed by atoms with van der Waals surface area (Å²) in [7, 11) is 4.94. The van der Waals surface area contributed by atoms with E-state index in [1.807, 2.05) is 42.5 Å². The minimum atomic E-state index is -0.0480. The number of hydrogen-bond acceptors (Lipinski definition) is 6. The monoisotopic (exact) mass is 341 g/mol. The number of ether oxygens (including phenoxy) is 3. The molecule has 2 unspecified atom stereocenters. The van der Waals surface area contributed by atoms with Crippen molar-refractivity contribution in [3.63, 3.8) is 0 Å². The fraction of sp³-hybridized carbons (Fsp3) is 0.316. The molecule has 2 atom stereocenters. The smallest absolute Gasteiger partial charge is 0.189 e. The van der Waals surface area contributed by atoms with Gasteiger partial charge >= 0.3 is 0 Å². The topological polar surface area (TPSA) is 78.1 Å². The van der Waals surface area contributed by atoms with Crippen molar-refractivity contribution in [2.24, 2.45) is 10.7 Å². The molecule has 2 aromatic carbocycles. The molecule has 0 saturated heterocycles. The quantitative estimate of drug-likeness (QED) is 0.874. The van der Waals surface area contributed by atoms with Crippen LogP contribution in [0.2, 0.25) is 0 Å². The Hall–Kier alpha value is -2.89. The van der Waals surface area contributed by atoms with Crippen LogP contribution in [-0.4, -0.2) is 27.3 Å². The van der Waals surface area contributed by atoms with Crippen LogP contribution in [-0.2, 0) is 0 Å². The number of aliphatic imine (C=N–C) groups is 1. The number of benzene rings is 2. The lowest BCUT2D eigenvalue weighted by Crippen LogP contribution is -2.39. The molecule has 132 valence electrons. The number of methoxy groups -OCH3 is 3. The van der Waals surface area contributed by atoms with Gasteiger partial charge in [0.1, 0.15) is 17.2 Å². The van der Waals surface area contributed by atoms with Crippen LogP contribution in [0.4, 0.5) is 0 Å². The summed E-state index contributed by atoms with van der Waals surface area (Å²) in [6.45, 7) is 0. The van der Waals surface area contributed by atoms with Crippen molar-refractivity contribution in [3.8, 4) is 17.2 Å². The lowest BCUT2D eigenvalue weighted by molar-refractivity contribution is 0.381. The zero-order valence-electron chi connectivity index (χ0n) is 14.7. The first-order valence-electron chi connectivity index (χ1n) is 8.10. The minimum Gasteiger partial charge on any atom is -0.497 e. The fourth-order valence-electron chi connectivity index (χ4n) is 3.09. The number of nitrogens with two attached hydrogens (primary N) is 1. The Kier molecular flexibility index (Phi) is 4.97. The Morgan fingerprint density at radius 1 is 1.00 bits per heavy atom. The molecule has 1 aliphatic heterocycles. The summed E-state index contributed by atoms with van der Waals surface area (Å²) in [5.41, 5.74) is 8.14. The van der Waals surface area contributed by atoms with Crippen molar-refractivity contribution in [1.29, 1.82) is 0 Å². The predicted octanol–water partition coefficient (Wildman–Crippen LogP) is 2.80. The molecule has 1 heterocycles. The van der Waals surface area contributed by atoms with Crippen molar-refractivity contribution in [2.75, 3.05) is 21.3 Å². The maximum Gasteiger partial charge on any atom is 0.189 e. The third kappa shape index (κ3) is 3.63. The molecule has 0 spiro atoms. The predicted molar refractivity (Wildman–Crippen MR) is 97.4 cm³/mol. The van der Waals surface area contributed by atoms with Crippen LogP contribution in [0.25, 0.3) is 0 Å². The Labute approximate surface area is 147 Å². The third-order valence-electron chi connectivity index (χ3n) is 4.37. The van der Waals surface area contributed by atoms with E-state index in [2.05, 4.69) is 10.3 Å². The van der Waals surface area contributed by atoms with Crippen LogP contribution in [0, 0.1) is 0 Å². The van der Waals surface area contributed by atoms with Gasteiger partial charge in [-0.15, -0.1) is 0 Å². The molecule has 0 aliphatic carbocycles. The van der Waals surface area contributed by atoms with Gasteiger partial charge < -0.3 is 25.3 Å². The van der Waals surface area contributed by atoms with Crippen molar-refractivity contribution in [3.05, 3.63) is 53.6 Å². The molecule has 0 aromatic heterocycles. The number of guanidine groups is 1. The maximum atomic E-state index is 6.05. The van der Waals surface area contributed by atoms with E-state index in [1.54, 1.807) is 21.3 Å². The molecule has 0 saturated carbocycles. The Morgan fingerprint density at radius 2 is 1.76 bits per heavy atom. The third-order valence-corrected chi connectivity index (χ3v) is 4.37. The average Bonchev–Trinajstić information content (AvgIpc) is 2.67. The lowest BCUT2D eigenvalue weighted by atomic mass is 9.93. The van der Waals surface area contributed by atoms with Gasteiger partial charge in [-0.1, -0.05) is 12.1 Å². The van der Waals surface area contributed by atoms with E-state index >= 15 is 0 Å². The molecule has 6 nitrogen and oxygen atoms in total. The first kappa shape index (κ1) is 17.0. The van der Waals surface area contributed by atoms with Gasteiger partial charge in [0.25, 0.3) is 0 Å². The second-order valence-electron chi connectivity index (χ2n) is 5.85. The van der Waals surface area contributed by atoms with Crippen molar-refractivity contribution in [1.82, 2.24) is 5.32 Å². The van der Waals surface area contributed by atoms with Crippen molar-refractivity contribution < 1.29 is 14.2 Å². The number of nitrogens with zero attached hydrogens (tertiary/aromatic N) is 1. The van der Waals surface area contributed by atoms with E-state index in [4.69, 9.17) is 19.9 Å². The first-order valence-corrected chi connectivity index (χ1v) is 8.10. The molecule has 0 bridgehead atoms. The van der Waals surface area contributed by atoms with Crippen LogP contribution in [0.3, 0.4) is 0 Å². The second kappa shape index (κ2) is 7.34. The number of nitrogens with one attached hydrogen (secondary N) is 1. The zero-order valence-corrected chi connectivity index (χ0v) is 14.7. The minimum absolute atomic E-state index is 0.00504. The summed E-state index contributed by atoms with van der Waals surface area (Å²) in [6.07, 6.45) is 0.760. The van der Waals surface area contributed by atoms with E-state index in [0.29, 0.717) is 5.96 Å². The summed E-state index contributed by atoms with van der Waals surface area (Å²) < 4.78 is 16.1. The molecule has 6 heteroatoms. The van der Waals surface area contributed by atoms with E-state index in [0.717, 1.165) is 34.8 Å². The molecule has 25 heavy (non-hydrogen) atoms. The Bertz CT molecular complexity index is 776. The van der Waals surface area contributed by atoms with Gasteiger partial charge in [0, 0.05) is 11.6 Å². The van der Waals surface area contributed by atoms with Gasteiger partial charge in [0.15, 0.2) is 5.96 Å². The number of rotatable bonds is 5. The first-order chi connectivity index (χ1) is 12.1. The highest BCUT2D eigenvalue weighted by Gasteiger charge is 2.27. The highest BCUT2D eigenvalue weighted by Crippen LogP contribution is 2.37. The van der Waals surface area contributed by atoms with Gasteiger partial charge in [-0.2, -0.15) is 0 Å². The van der Waals surface area contributed by atoms with Gasteiger partial charge in [0.2, 0.25) is 0 Å². The van der Waals surface area contributed by atoms with Crippen LogP contribution < -0.4 is 25.3 Å². The van der Waals surface area contributed by atoms with Crippen LogP contribution in [0.15, 0.2) is 47.5 Å². The van der Waals surface area contributed by atoms with E-state index in [9.17, 15) is 0 Å². The Morgan fingerprint density at radius 3 is 2.48 bits per heavy atom.